The van der Waals surface area contributed by atoms with Gasteiger partial charge >= 0.3 is 6.18 Å². The van der Waals surface area contributed by atoms with Gasteiger partial charge in [0.2, 0.25) is 0 Å². The molecule has 1 aromatic rings. The van der Waals surface area contributed by atoms with Crippen LogP contribution >= 0.6 is 12.6 Å². The highest BCUT2D eigenvalue weighted by molar-refractivity contribution is 7.80. The van der Waals surface area contributed by atoms with Crippen LogP contribution in [0.5, 0.6) is 0 Å². The third-order valence-electron chi connectivity index (χ3n) is 2.23. The van der Waals surface area contributed by atoms with Crippen molar-refractivity contribution >= 4 is 12.6 Å². The Hall–Kier alpha value is -0.680. The SMILES string of the molecule is CC(C)(O)C(S)c1ccccc1C(F)(F)F. The molecule has 1 unspecified atom stereocenters. The maximum atomic E-state index is 12.7. The van der Waals surface area contributed by atoms with Gasteiger partial charge in [0.1, 0.15) is 0 Å². The second-order valence-corrected chi connectivity index (χ2v) is 4.66. The second-order valence-electron chi connectivity index (χ2n) is 4.14. The summed E-state index contributed by atoms with van der Waals surface area (Å²) in [7, 11) is 0. The molecular formula is C11H13F3OS. The third kappa shape index (κ3) is 2.92. The second kappa shape index (κ2) is 4.30. The first-order valence-electron chi connectivity index (χ1n) is 4.70. The van der Waals surface area contributed by atoms with Crippen molar-refractivity contribution in [1.29, 1.82) is 0 Å². The Morgan fingerprint density at radius 1 is 1.19 bits per heavy atom. The summed E-state index contributed by atoms with van der Waals surface area (Å²) in [6.45, 7) is 2.86. The summed E-state index contributed by atoms with van der Waals surface area (Å²) in [4.78, 5) is 0. The Bertz CT molecular complexity index is 368. The molecule has 0 aliphatic heterocycles. The van der Waals surface area contributed by atoms with Gasteiger partial charge in [-0.15, -0.1) is 0 Å². The summed E-state index contributed by atoms with van der Waals surface area (Å²) in [6.07, 6.45) is -4.43. The molecule has 0 aliphatic carbocycles. The first kappa shape index (κ1) is 13.4. The molecule has 0 aromatic heterocycles. The molecule has 16 heavy (non-hydrogen) atoms. The average molecular weight is 250 g/mol. The van der Waals surface area contributed by atoms with Gasteiger partial charge in [-0.05, 0) is 25.5 Å². The molecule has 0 amide bonds. The van der Waals surface area contributed by atoms with Crippen molar-refractivity contribution in [3.05, 3.63) is 35.4 Å². The maximum Gasteiger partial charge on any atom is 0.416 e. The van der Waals surface area contributed by atoms with Gasteiger partial charge in [0.15, 0.2) is 0 Å². The van der Waals surface area contributed by atoms with Crippen molar-refractivity contribution in [2.75, 3.05) is 0 Å². The Labute approximate surface area is 97.7 Å². The molecule has 1 N–H and O–H groups in total. The Morgan fingerprint density at radius 2 is 1.69 bits per heavy atom. The Morgan fingerprint density at radius 3 is 2.12 bits per heavy atom. The molecule has 0 spiro atoms. The van der Waals surface area contributed by atoms with Crippen molar-refractivity contribution < 1.29 is 18.3 Å². The molecule has 0 saturated carbocycles. The lowest BCUT2D eigenvalue weighted by Crippen LogP contribution is -2.27. The molecule has 5 heteroatoms. The summed E-state index contributed by atoms with van der Waals surface area (Å²) >= 11 is 4.05. The molecule has 1 atom stereocenters. The van der Waals surface area contributed by atoms with Crippen LogP contribution in [0.3, 0.4) is 0 Å². The highest BCUT2D eigenvalue weighted by Crippen LogP contribution is 2.40. The normalized spacial score (nSPS) is 14.9. The zero-order chi connectivity index (χ0) is 12.6. The quantitative estimate of drug-likeness (QED) is 0.770. The lowest BCUT2D eigenvalue weighted by atomic mass is 9.94. The van der Waals surface area contributed by atoms with E-state index in [0.717, 1.165) is 6.07 Å². The molecule has 0 radical (unpaired) electrons. The molecule has 0 fully saturated rings. The van der Waals surface area contributed by atoms with Crippen LogP contribution in [0.4, 0.5) is 13.2 Å². The number of thiol groups is 1. The predicted octanol–water partition coefficient (Wildman–Crippen LogP) is 3.45. The zero-order valence-electron chi connectivity index (χ0n) is 8.92. The third-order valence-corrected chi connectivity index (χ3v) is 3.14. The highest BCUT2D eigenvalue weighted by Gasteiger charge is 2.37. The molecular weight excluding hydrogens is 237 g/mol. The van der Waals surface area contributed by atoms with Gasteiger partial charge in [-0.2, -0.15) is 25.8 Å². The van der Waals surface area contributed by atoms with E-state index in [4.69, 9.17) is 0 Å². The summed E-state index contributed by atoms with van der Waals surface area (Å²) < 4.78 is 38.0. The summed E-state index contributed by atoms with van der Waals surface area (Å²) in [5.74, 6) is 0. The number of benzene rings is 1. The van der Waals surface area contributed by atoms with Crippen LogP contribution in [-0.2, 0) is 6.18 Å². The molecule has 0 heterocycles. The van der Waals surface area contributed by atoms with E-state index in [1.807, 2.05) is 0 Å². The van der Waals surface area contributed by atoms with E-state index in [1.54, 1.807) is 0 Å². The van der Waals surface area contributed by atoms with Gasteiger partial charge in [-0.25, -0.2) is 0 Å². The van der Waals surface area contributed by atoms with Crippen LogP contribution < -0.4 is 0 Å². The van der Waals surface area contributed by atoms with Crippen LogP contribution in [-0.4, -0.2) is 10.7 Å². The zero-order valence-corrected chi connectivity index (χ0v) is 9.81. The molecule has 0 aliphatic rings. The largest absolute Gasteiger partial charge is 0.416 e. The van der Waals surface area contributed by atoms with Gasteiger partial charge in [0.25, 0.3) is 0 Å². The molecule has 1 aromatic carbocycles. The van der Waals surface area contributed by atoms with E-state index in [2.05, 4.69) is 12.6 Å². The number of hydrogen-bond donors (Lipinski definition) is 2. The van der Waals surface area contributed by atoms with Crippen molar-refractivity contribution in [2.45, 2.75) is 30.9 Å². The fourth-order valence-corrected chi connectivity index (χ4v) is 1.60. The standard InChI is InChI=1S/C11H13F3OS/c1-10(2,15)9(16)7-5-3-4-6-8(7)11(12,13)14/h3-6,9,15-16H,1-2H3. The topological polar surface area (TPSA) is 20.2 Å². The number of halogens is 3. The average Bonchev–Trinajstić information content (AvgIpc) is 2.14. The minimum atomic E-state index is -4.43. The van der Waals surface area contributed by atoms with E-state index in [9.17, 15) is 18.3 Å². The van der Waals surface area contributed by atoms with E-state index in [1.165, 1.54) is 32.0 Å². The summed E-state index contributed by atoms with van der Waals surface area (Å²) in [6, 6.07) is 5.14. The van der Waals surface area contributed by atoms with E-state index < -0.39 is 22.6 Å². The van der Waals surface area contributed by atoms with Crippen molar-refractivity contribution in [1.82, 2.24) is 0 Å². The summed E-state index contributed by atoms with van der Waals surface area (Å²) in [5.41, 5.74) is -2.08. The first-order valence-corrected chi connectivity index (χ1v) is 5.22. The van der Waals surface area contributed by atoms with E-state index in [-0.39, 0.29) is 5.56 Å². The van der Waals surface area contributed by atoms with Gasteiger partial charge < -0.3 is 5.11 Å². The molecule has 90 valence electrons. The van der Waals surface area contributed by atoms with Crippen molar-refractivity contribution in [3.63, 3.8) is 0 Å². The van der Waals surface area contributed by atoms with E-state index in [0.29, 0.717) is 0 Å². The van der Waals surface area contributed by atoms with E-state index >= 15 is 0 Å². The minimum absolute atomic E-state index is 0.00849. The maximum absolute atomic E-state index is 12.7. The fourth-order valence-electron chi connectivity index (χ4n) is 1.37. The minimum Gasteiger partial charge on any atom is -0.389 e. The van der Waals surface area contributed by atoms with Crippen LogP contribution in [0.1, 0.15) is 30.2 Å². The van der Waals surface area contributed by atoms with Crippen LogP contribution in [0.15, 0.2) is 24.3 Å². The van der Waals surface area contributed by atoms with Gasteiger partial charge in [0, 0.05) is 0 Å². The highest BCUT2D eigenvalue weighted by atomic mass is 32.1. The number of alkyl halides is 3. The fraction of sp³-hybridized carbons (Fsp3) is 0.455. The van der Waals surface area contributed by atoms with Gasteiger partial charge in [-0.1, -0.05) is 18.2 Å². The first-order chi connectivity index (χ1) is 7.14. The molecule has 1 nitrogen and oxygen atoms in total. The molecule has 1 rings (SSSR count). The smallest absolute Gasteiger partial charge is 0.389 e. The lowest BCUT2D eigenvalue weighted by molar-refractivity contribution is -0.138. The molecule has 0 bridgehead atoms. The monoisotopic (exact) mass is 250 g/mol. The van der Waals surface area contributed by atoms with Gasteiger partial charge in [-0.3, -0.25) is 0 Å². The van der Waals surface area contributed by atoms with Crippen LogP contribution in [0, 0.1) is 0 Å². The van der Waals surface area contributed by atoms with Crippen LogP contribution in [0.2, 0.25) is 0 Å². The Balaban J connectivity index is 3.25. The van der Waals surface area contributed by atoms with Crippen LogP contribution in [0.25, 0.3) is 0 Å². The number of hydrogen-bond acceptors (Lipinski definition) is 2. The van der Waals surface area contributed by atoms with Gasteiger partial charge in [0.05, 0.1) is 16.4 Å². The number of rotatable bonds is 2. The lowest BCUT2D eigenvalue weighted by Gasteiger charge is -2.27. The van der Waals surface area contributed by atoms with Crippen molar-refractivity contribution in [3.8, 4) is 0 Å². The molecule has 0 saturated heterocycles. The number of aliphatic hydroxyl groups is 1. The summed E-state index contributed by atoms with van der Waals surface area (Å²) in [5, 5.41) is 8.80. The Kier molecular flexibility index (Phi) is 3.59. The van der Waals surface area contributed by atoms with Crippen molar-refractivity contribution in [2.24, 2.45) is 0 Å². The predicted molar refractivity (Wildman–Crippen MR) is 59.5 cm³/mol.